The van der Waals surface area contributed by atoms with Gasteiger partial charge in [0.25, 0.3) is 0 Å². The van der Waals surface area contributed by atoms with Crippen LogP contribution in [0.15, 0.2) is 12.2 Å². The molecule has 0 aromatic carbocycles. The quantitative estimate of drug-likeness (QED) is 0.379. The Morgan fingerprint density at radius 3 is 2.29 bits per heavy atom. The lowest BCUT2D eigenvalue weighted by Crippen LogP contribution is -2.44. The molecular weight excluding hydrogens is 284 g/mol. The maximum absolute atomic E-state index is 8.88. The number of methoxy groups -OCH3 is 1. The second kappa shape index (κ2) is 9.74. The van der Waals surface area contributed by atoms with Gasteiger partial charge >= 0.3 is 0 Å². The lowest BCUT2D eigenvalue weighted by Gasteiger charge is -2.39. The Kier molecular flexibility index (Phi) is 9.65. The summed E-state index contributed by atoms with van der Waals surface area (Å²) >= 11 is 0. The molecule has 0 spiro atoms. The lowest BCUT2D eigenvalue weighted by atomic mass is 10.1. The van der Waals surface area contributed by atoms with Gasteiger partial charge in [0.15, 0.2) is 8.32 Å². The van der Waals surface area contributed by atoms with Gasteiger partial charge in [0.2, 0.25) is 0 Å². The number of ether oxygens (including phenoxy) is 2. The third-order valence-electron chi connectivity index (χ3n) is 4.00. The van der Waals surface area contributed by atoms with Crippen molar-refractivity contribution in [2.75, 3.05) is 20.5 Å². The average Bonchev–Trinajstić information content (AvgIpc) is 2.34. The second-order valence-corrected chi connectivity index (χ2v) is 11.8. The van der Waals surface area contributed by atoms with Crippen molar-refractivity contribution in [1.82, 2.24) is 0 Å². The Bertz CT molecular complexity index is 297. The summed E-state index contributed by atoms with van der Waals surface area (Å²) in [5, 5.41) is 9.06. The normalized spacial score (nSPS) is 16.4. The summed E-state index contributed by atoms with van der Waals surface area (Å²) in [6.45, 7) is 13.7. The molecule has 0 aliphatic heterocycles. The summed E-state index contributed by atoms with van der Waals surface area (Å²) in [5.41, 5.74) is 0. The maximum Gasteiger partial charge on any atom is 0.192 e. The van der Waals surface area contributed by atoms with Crippen LogP contribution in [-0.4, -0.2) is 46.1 Å². The van der Waals surface area contributed by atoms with Crippen LogP contribution in [0.4, 0.5) is 0 Å². The van der Waals surface area contributed by atoms with Crippen LogP contribution in [0.25, 0.3) is 0 Å². The maximum atomic E-state index is 8.88. The number of rotatable bonds is 10. The molecule has 5 heteroatoms. The SMILES string of the molecule is COCO[C@H](C)C[C@@H](C/C=C/CO)O[Si](C)(C)C(C)(C)C. The molecule has 1 N–H and O–H groups in total. The van der Waals surface area contributed by atoms with E-state index in [1.807, 2.05) is 13.0 Å². The molecule has 0 amide bonds. The Labute approximate surface area is 131 Å². The molecule has 0 saturated heterocycles. The third kappa shape index (κ3) is 8.73. The highest BCUT2D eigenvalue weighted by Gasteiger charge is 2.39. The molecular formula is C16H34O4Si. The van der Waals surface area contributed by atoms with Gasteiger partial charge in [0.05, 0.1) is 18.8 Å². The Morgan fingerprint density at radius 2 is 1.81 bits per heavy atom. The first-order chi connectivity index (χ1) is 9.64. The fourth-order valence-electron chi connectivity index (χ4n) is 1.73. The molecule has 0 aliphatic rings. The summed E-state index contributed by atoms with van der Waals surface area (Å²) in [6.07, 6.45) is 5.57. The smallest absolute Gasteiger partial charge is 0.192 e. The fourth-order valence-corrected chi connectivity index (χ4v) is 3.11. The van der Waals surface area contributed by atoms with Crippen LogP contribution < -0.4 is 0 Å². The van der Waals surface area contributed by atoms with E-state index in [1.165, 1.54) is 0 Å². The van der Waals surface area contributed by atoms with Crippen LogP contribution in [0.3, 0.4) is 0 Å². The first-order valence-corrected chi connectivity index (χ1v) is 10.6. The monoisotopic (exact) mass is 318 g/mol. The molecule has 0 fully saturated rings. The summed E-state index contributed by atoms with van der Waals surface area (Å²) in [6, 6.07) is 0. The van der Waals surface area contributed by atoms with E-state index in [9.17, 15) is 0 Å². The van der Waals surface area contributed by atoms with Crippen molar-refractivity contribution in [3.63, 3.8) is 0 Å². The summed E-state index contributed by atoms with van der Waals surface area (Å²) in [5.74, 6) is 0. The zero-order valence-corrected chi connectivity index (χ0v) is 15.8. The van der Waals surface area contributed by atoms with Gasteiger partial charge in [-0.25, -0.2) is 0 Å². The van der Waals surface area contributed by atoms with Crippen LogP contribution >= 0.6 is 0 Å². The highest BCUT2D eigenvalue weighted by Crippen LogP contribution is 2.38. The Hall–Kier alpha value is -0.203. The van der Waals surface area contributed by atoms with Gasteiger partial charge in [-0.1, -0.05) is 32.9 Å². The molecule has 0 aromatic heterocycles. The average molecular weight is 319 g/mol. The van der Waals surface area contributed by atoms with Crippen molar-refractivity contribution in [3.05, 3.63) is 12.2 Å². The highest BCUT2D eigenvalue weighted by atomic mass is 28.4. The first-order valence-electron chi connectivity index (χ1n) is 7.68. The first kappa shape index (κ1) is 20.8. The van der Waals surface area contributed by atoms with Crippen LogP contribution in [0.5, 0.6) is 0 Å². The van der Waals surface area contributed by atoms with Crippen LogP contribution in [0.1, 0.15) is 40.5 Å². The molecule has 0 aromatic rings. The van der Waals surface area contributed by atoms with Crippen molar-refractivity contribution in [3.8, 4) is 0 Å². The summed E-state index contributed by atoms with van der Waals surface area (Å²) in [7, 11) is -0.184. The largest absolute Gasteiger partial charge is 0.414 e. The zero-order chi connectivity index (χ0) is 16.5. The van der Waals surface area contributed by atoms with E-state index in [0.717, 1.165) is 12.8 Å². The molecule has 0 heterocycles. The molecule has 0 bridgehead atoms. The van der Waals surface area contributed by atoms with Crippen LogP contribution in [0, 0.1) is 0 Å². The van der Waals surface area contributed by atoms with Gasteiger partial charge in [-0.2, -0.15) is 0 Å². The minimum atomic E-state index is -1.81. The minimum absolute atomic E-state index is 0.0720. The van der Waals surface area contributed by atoms with Gasteiger partial charge in [0, 0.05) is 7.11 Å². The molecule has 126 valence electrons. The molecule has 0 rings (SSSR count). The number of aliphatic hydroxyl groups excluding tert-OH is 1. The Morgan fingerprint density at radius 1 is 1.19 bits per heavy atom. The molecule has 4 nitrogen and oxygen atoms in total. The predicted molar refractivity (Wildman–Crippen MR) is 90.0 cm³/mol. The molecule has 0 radical (unpaired) electrons. The molecule has 0 saturated carbocycles. The predicted octanol–water partition coefficient (Wildman–Crippen LogP) is 3.71. The zero-order valence-electron chi connectivity index (χ0n) is 14.8. The molecule has 21 heavy (non-hydrogen) atoms. The van der Waals surface area contributed by atoms with Crippen molar-refractivity contribution >= 4 is 8.32 Å². The van der Waals surface area contributed by atoms with E-state index in [4.69, 9.17) is 19.0 Å². The number of hydrogen-bond acceptors (Lipinski definition) is 4. The topological polar surface area (TPSA) is 47.9 Å². The van der Waals surface area contributed by atoms with E-state index in [1.54, 1.807) is 13.2 Å². The van der Waals surface area contributed by atoms with E-state index in [0.29, 0.717) is 6.79 Å². The molecule has 0 aliphatic carbocycles. The van der Waals surface area contributed by atoms with Crippen LogP contribution in [0.2, 0.25) is 18.1 Å². The van der Waals surface area contributed by atoms with E-state index < -0.39 is 8.32 Å². The third-order valence-corrected chi connectivity index (χ3v) is 8.54. The summed E-state index contributed by atoms with van der Waals surface area (Å²) in [4.78, 5) is 0. The van der Waals surface area contributed by atoms with Gasteiger partial charge in [-0.05, 0) is 37.9 Å². The second-order valence-electron chi connectivity index (χ2n) is 7.01. The molecule has 0 unspecified atom stereocenters. The standard InChI is InChI=1S/C16H34O4Si/c1-14(19-13-18-5)12-15(10-8-9-11-17)20-21(6,7)16(2,3)4/h8-9,14-15,17H,10-13H2,1-7H3/b9-8+/t14-,15-/m1/s1. The summed E-state index contributed by atoms with van der Waals surface area (Å²) < 4.78 is 17.0. The fraction of sp³-hybridized carbons (Fsp3) is 0.875. The van der Waals surface area contributed by atoms with Crippen molar-refractivity contribution in [1.29, 1.82) is 0 Å². The van der Waals surface area contributed by atoms with E-state index >= 15 is 0 Å². The number of hydrogen-bond donors (Lipinski definition) is 1. The van der Waals surface area contributed by atoms with Gasteiger partial charge in [-0.3, -0.25) is 0 Å². The van der Waals surface area contributed by atoms with E-state index in [2.05, 4.69) is 33.9 Å². The minimum Gasteiger partial charge on any atom is -0.414 e. The van der Waals surface area contributed by atoms with Crippen molar-refractivity contribution < 1.29 is 19.0 Å². The van der Waals surface area contributed by atoms with Crippen molar-refractivity contribution in [2.45, 2.75) is 70.9 Å². The lowest BCUT2D eigenvalue weighted by molar-refractivity contribution is -0.0761. The van der Waals surface area contributed by atoms with Gasteiger partial charge in [0.1, 0.15) is 6.79 Å². The van der Waals surface area contributed by atoms with Gasteiger partial charge < -0.3 is 19.0 Å². The van der Waals surface area contributed by atoms with Gasteiger partial charge in [-0.15, -0.1) is 0 Å². The molecule has 2 atom stereocenters. The Balaban J connectivity index is 4.69. The highest BCUT2D eigenvalue weighted by molar-refractivity contribution is 6.74. The van der Waals surface area contributed by atoms with Crippen molar-refractivity contribution in [2.24, 2.45) is 0 Å². The number of aliphatic hydroxyl groups is 1. The van der Waals surface area contributed by atoms with Crippen LogP contribution in [-0.2, 0) is 13.9 Å². The van der Waals surface area contributed by atoms with E-state index in [-0.39, 0.29) is 23.9 Å².